The number of hydrogen-bond acceptors (Lipinski definition) is 13. The number of carbonyl (C=O) groups is 1. The molecule has 3 aliphatic rings. The lowest BCUT2D eigenvalue weighted by molar-refractivity contribution is -0.302. The van der Waals surface area contributed by atoms with Crippen molar-refractivity contribution in [2.75, 3.05) is 40.5 Å². The van der Waals surface area contributed by atoms with E-state index in [9.17, 15) is 30.3 Å². The number of hydrogen-bond donors (Lipinski definition) is 5. The second-order valence-corrected chi connectivity index (χ2v) is 27.4. The third kappa shape index (κ3) is 13.9. The van der Waals surface area contributed by atoms with Gasteiger partial charge in [-0.15, -0.1) is 0 Å². The first-order valence-electron chi connectivity index (χ1n) is 28.1. The van der Waals surface area contributed by atoms with Crippen molar-refractivity contribution < 1.29 is 54.0 Å². The molecule has 3 fully saturated rings. The minimum absolute atomic E-state index is 0.171. The third-order valence-corrected chi connectivity index (χ3v) is 22.2. The maximum Gasteiger partial charge on any atom is 0.309 e. The number of methoxy groups -OCH3 is 1. The van der Waals surface area contributed by atoms with Crippen LogP contribution in [0.25, 0.3) is 0 Å². The zero-order valence-corrected chi connectivity index (χ0v) is 48.5. The molecule has 0 radical (unpaired) electrons. The Morgan fingerprint density at radius 2 is 1.31 bits per heavy atom. The van der Waals surface area contributed by atoms with Gasteiger partial charge in [0.15, 0.2) is 6.29 Å². The summed E-state index contributed by atoms with van der Waals surface area (Å²) in [5.41, 5.74) is -4.45. The number of aliphatic hydroxyl groups excluding tert-OH is 3. The van der Waals surface area contributed by atoms with Gasteiger partial charge < -0.3 is 54.1 Å². The number of carbonyl (C=O) groups excluding carboxylic acids is 1. The second kappa shape index (κ2) is 26.4. The summed E-state index contributed by atoms with van der Waals surface area (Å²) in [5.74, 6) is -3.03. The highest BCUT2D eigenvalue weighted by Gasteiger charge is 2.55. The lowest BCUT2D eigenvalue weighted by atomic mass is 9.68. The van der Waals surface area contributed by atoms with Crippen LogP contribution in [0, 0.1) is 23.7 Å². The minimum Gasteiger partial charge on any atom is -0.459 e. The molecule has 18 atom stereocenters. The van der Waals surface area contributed by atoms with Crippen molar-refractivity contribution in [3.63, 3.8) is 0 Å². The van der Waals surface area contributed by atoms with Crippen molar-refractivity contribution in [1.29, 1.82) is 0 Å². The molecule has 1 unspecified atom stereocenters. The largest absolute Gasteiger partial charge is 0.459 e. The minimum atomic E-state index is -1.98. The molecule has 0 amide bonds. The number of nitrogens with zero attached hydrogens (tertiary/aromatic N) is 2. The van der Waals surface area contributed by atoms with E-state index in [-0.39, 0.29) is 37.3 Å². The molecule has 13 nitrogen and oxygen atoms in total. The van der Waals surface area contributed by atoms with Crippen LogP contribution in [0.5, 0.6) is 0 Å². The first kappa shape index (κ1) is 61.3. The van der Waals surface area contributed by atoms with Crippen molar-refractivity contribution >= 4 is 29.1 Å². The normalized spacial score (nSPS) is 38.1. The van der Waals surface area contributed by atoms with Crippen LogP contribution in [-0.4, -0.2) is 166 Å². The Morgan fingerprint density at radius 3 is 1.83 bits per heavy atom. The molecule has 3 aliphatic heterocycles. The standard InChI is InChI=1S/C61H96N2O11P/c1-14-51-61(10,69)54(65)44(6)63(34-26-15-16-27-35-75(46-28-20-17-21-29-46,47-30-22-18-23-31-47)48-32-24-19-25-33-48)39-40(2)37-59(8,68)56(74-58-53(64)49(62(11)12)36-41(3)71-58)42(4)52(43(5)57(67)73-51)50-38-60(9,70-13)55(66)45(7)72-50/h17-25,28-33,40-45,49-56,58,64-66,68-69H,14-16,26-27,34-39H2,1-13H3/q+1/t40-,41-,42+,43-,44-,45+,49+,50-,51-,52?,53-,54-,55+,56-,58+,59-,60-,61-/m1/s1. The van der Waals surface area contributed by atoms with Crippen molar-refractivity contribution in [2.45, 2.75) is 205 Å². The van der Waals surface area contributed by atoms with Crippen LogP contribution < -0.4 is 15.9 Å². The van der Waals surface area contributed by atoms with Crippen LogP contribution >= 0.6 is 7.26 Å². The summed E-state index contributed by atoms with van der Waals surface area (Å²) in [6, 6.07) is 32.0. The molecule has 3 aromatic carbocycles. The maximum atomic E-state index is 14.9. The third-order valence-electron chi connectivity index (χ3n) is 17.7. The molecule has 0 aromatic heterocycles. The van der Waals surface area contributed by atoms with Crippen LogP contribution in [0.3, 0.4) is 0 Å². The summed E-state index contributed by atoms with van der Waals surface area (Å²) in [7, 11) is 3.40. The van der Waals surface area contributed by atoms with Crippen LogP contribution in [0.15, 0.2) is 91.0 Å². The van der Waals surface area contributed by atoms with Crippen molar-refractivity contribution in [3.8, 4) is 0 Å². The van der Waals surface area contributed by atoms with Gasteiger partial charge >= 0.3 is 5.97 Å². The van der Waals surface area contributed by atoms with E-state index in [1.54, 1.807) is 34.8 Å². The highest BCUT2D eigenvalue weighted by atomic mass is 31.2. The molecular formula is C61H96N2O11P+. The van der Waals surface area contributed by atoms with E-state index in [4.69, 9.17) is 23.7 Å². The molecule has 3 heterocycles. The zero-order chi connectivity index (χ0) is 55.0. The fraction of sp³-hybridized carbons (Fsp3) is 0.689. The molecule has 3 aromatic rings. The van der Waals surface area contributed by atoms with E-state index >= 15 is 0 Å². The molecule has 0 spiro atoms. The van der Waals surface area contributed by atoms with Crippen molar-refractivity contribution in [2.24, 2.45) is 23.7 Å². The number of esters is 1. The number of benzene rings is 3. The lowest BCUT2D eigenvalue weighted by Crippen LogP contribution is -2.61. The monoisotopic (exact) mass is 1060 g/mol. The Morgan fingerprint density at radius 1 is 0.760 bits per heavy atom. The predicted molar refractivity (Wildman–Crippen MR) is 300 cm³/mol. The second-order valence-electron chi connectivity index (χ2n) is 23.8. The van der Waals surface area contributed by atoms with Crippen molar-refractivity contribution in [3.05, 3.63) is 91.0 Å². The molecule has 420 valence electrons. The number of unbranched alkanes of at least 4 members (excludes halogenated alkanes) is 3. The molecule has 0 aliphatic carbocycles. The summed E-state index contributed by atoms with van der Waals surface area (Å²) in [4.78, 5) is 19.0. The SMILES string of the molecule is CC[C@H]1OC(=O)[C@H](C)C([C@H]2C[C@@](C)(OC)[C@@H](O)[C@H](C)O2)[C@H](C)[C@@H](O[C@@H]2O[C@H](C)C[C@H](N(C)C)[C@H]2O)[C@](C)(O)C[C@@H](C)CN(CCCCCC[P+](c2ccccc2)(c2ccccc2)c2ccccc2)[C@H](C)[C@@H](O)[C@]1(C)O. The van der Waals surface area contributed by atoms with Gasteiger partial charge in [-0.3, -0.25) is 9.69 Å². The summed E-state index contributed by atoms with van der Waals surface area (Å²) in [5, 5.41) is 65.3. The van der Waals surface area contributed by atoms with Gasteiger partial charge in [0, 0.05) is 38.1 Å². The molecule has 5 N–H and O–H groups in total. The topological polar surface area (TPSA) is 171 Å². The Kier molecular flexibility index (Phi) is 21.6. The molecule has 14 heteroatoms. The lowest BCUT2D eigenvalue weighted by Gasteiger charge is -2.51. The molecular weight excluding hydrogens is 968 g/mol. The fourth-order valence-electron chi connectivity index (χ4n) is 13.3. The summed E-state index contributed by atoms with van der Waals surface area (Å²) in [6.45, 7) is 19.5. The van der Waals surface area contributed by atoms with Gasteiger partial charge in [0.2, 0.25) is 0 Å². The Balaban J connectivity index is 1.32. The number of likely N-dealkylation sites (N-methyl/N-ethyl adjacent to an activating group) is 1. The maximum absolute atomic E-state index is 14.9. The van der Waals surface area contributed by atoms with Gasteiger partial charge in [0.1, 0.15) is 53.2 Å². The van der Waals surface area contributed by atoms with E-state index < -0.39 is 103 Å². The average Bonchev–Trinajstić information content (AvgIpc) is 3.38. The molecule has 75 heavy (non-hydrogen) atoms. The van der Waals surface area contributed by atoms with Gasteiger partial charge in [-0.2, -0.15) is 0 Å². The number of aliphatic hydroxyl groups is 5. The number of cyclic esters (lactones) is 1. The summed E-state index contributed by atoms with van der Waals surface area (Å²) >= 11 is 0. The first-order valence-corrected chi connectivity index (χ1v) is 30.1. The van der Waals surface area contributed by atoms with Gasteiger partial charge in [-0.1, -0.05) is 88.7 Å². The quantitative estimate of drug-likeness (QED) is 0.0560. The van der Waals surface area contributed by atoms with Gasteiger partial charge in [0.25, 0.3) is 0 Å². The molecule has 3 saturated heterocycles. The Hall–Kier alpha value is -2.88. The molecule has 6 rings (SSSR count). The van der Waals surface area contributed by atoms with Crippen LogP contribution in [0.4, 0.5) is 0 Å². The highest BCUT2D eigenvalue weighted by molar-refractivity contribution is 7.95. The van der Waals surface area contributed by atoms with E-state index in [0.717, 1.165) is 31.8 Å². The fourth-order valence-corrected chi connectivity index (χ4v) is 17.8. The number of rotatable bonds is 16. The highest BCUT2D eigenvalue weighted by Crippen LogP contribution is 2.56. The van der Waals surface area contributed by atoms with Gasteiger partial charge in [0.05, 0.1) is 47.7 Å². The van der Waals surface area contributed by atoms with Gasteiger partial charge in [-0.25, -0.2) is 0 Å². The predicted octanol–water partition coefficient (Wildman–Crippen LogP) is 7.10. The summed E-state index contributed by atoms with van der Waals surface area (Å²) < 4.78 is 32.4. The molecule has 0 saturated carbocycles. The van der Waals surface area contributed by atoms with E-state index in [2.05, 4.69) is 103 Å². The average molecular weight is 1060 g/mol. The van der Waals surface area contributed by atoms with E-state index in [1.807, 2.05) is 53.6 Å². The molecule has 0 bridgehead atoms. The van der Waals surface area contributed by atoms with E-state index in [1.165, 1.54) is 15.9 Å². The van der Waals surface area contributed by atoms with Crippen molar-refractivity contribution in [1.82, 2.24) is 9.80 Å². The van der Waals surface area contributed by atoms with Gasteiger partial charge in [-0.05, 0) is 149 Å². The van der Waals surface area contributed by atoms with Crippen LogP contribution in [0.2, 0.25) is 0 Å². The number of ether oxygens (including phenoxy) is 5. The smallest absolute Gasteiger partial charge is 0.309 e. The summed E-state index contributed by atoms with van der Waals surface area (Å²) in [6.07, 6.45) is -2.06. The Bertz CT molecular complexity index is 2090. The van der Waals surface area contributed by atoms with Crippen LogP contribution in [0.1, 0.15) is 121 Å². The zero-order valence-electron chi connectivity index (χ0n) is 47.6. The Labute approximate surface area is 451 Å². The first-order chi connectivity index (χ1) is 35.4. The van der Waals surface area contributed by atoms with E-state index in [0.29, 0.717) is 19.5 Å². The van der Waals surface area contributed by atoms with Crippen LogP contribution in [-0.2, 0) is 28.5 Å².